The fourth-order valence-electron chi connectivity index (χ4n) is 3.12. The normalized spacial score (nSPS) is 13.8. The highest BCUT2D eigenvalue weighted by atomic mass is 16.5. The molecule has 3 aromatic rings. The first-order valence-electron chi connectivity index (χ1n) is 8.41. The number of benzene rings is 1. The third-order valence-electron chi connectivity index (χ3n) is 4.36. The summed E-state index contributed by atoms with van der Waals surface area (Å²) in [5.41, 5.74) is 3.59. The molecular formula is C18H19N3O3. The number of hydrogen-bond acceptors (Lipinski definition) is 5. The van der Waals surface area contributed by atoms with Gasteiger partial charge in [0.15, 0.2) is 11.5 Å². The quantitative estimate of drug-likeness (QED) is 0.729. The van der Waals surface area contributed by atoms with Crippen molar-refractivity contribution in [1.82, 2.24) is 15.5 Å². The Morgan fingerprint density at radius 1 is 1.21 bits per heavy atom. The zero-order chi connectivity index (χ0) is 16.4. The number of nitrogens with zero attached hydrogens (tertiary/aromatic N) is 2. The fourth-order valence-corrected chi connectivity index (χ4v) is 3.12. The van der Waals surface area contributed by atoms with E-state index < -0.39 is 0 Å². The zero-order valence-electron chi connectivity index (χ0n) is 13.4. The van der Waals surface area contributed by atoms with E-state index in [-0.39, 0.29) is 5.91 Å². The fraction of sp³-hybridized carbons (Fsp3) is 0.389. The van der Waals surface area contributed by atoms with Crippen LogP contribution in [0.2, 0.25) is 0 Å². The summed E-state index contributed by atoms with van der Waals surface area (Å²) in [7, 11) is 0. The maximum absolute atomic E-state index is 12.2. The minimum Gasteiger partial charge on any atom is -0.441 e. The minimum atomic E-state index is -0.178. The van der Waals surface area contributed by atoms with Gasteiger partial charge in [-0.3, -0.25) is 4.79 Å². The van der Waals surface area contributed by atoms with Crippen molar-refractivity contribution >= 4 is 17.0 Å². The molecule has 1 aliphatic carbocycles. The maximum Gasteiger partial charge on any atom is 0.290 e. The molecule has 2 heterocycles. The van der Waals surface area contributed by atoms with Crippen LogP contribution < -0.4 is 5.32 Å². The van der Waals surface area contributed by atoms with Crippen LogP contribution in [0.15, 0.2) is 33.2 Å². The summed E-state index contributed by atoms with van der Waals surface area (Å²) in [6.45, 7) is 0.549. The van der Waals surface area contributed by atoms with Crippen LogP contribution in [0, 0.1) is 0 Å². The summed E-state index contributed by atoms with van der Waals surface area (Å²) in [4.78, 5) is 16.7. The molecule has 124 valence electrons. The molecule has 6 nitrogen and oxygen atoms in total. The first-order chi connectivity index (χ1) is 11.8. The van der Waals surface area contributed by atoms with Gasteiger partial charge in [0.25, 0.3) is 5.91 Å². The van der Waals surface area contributed by atoms with Crippen molar-refractivity contribution in [3.05, 3.63) is 47.2 Å². The van der Waals surface area contributed by atoms with Crippen LogP contribution in [0.5, 0.6) is 0 Å². The lowest BCUT2D eigenvalue weighted by molar-refractivity contribution is 0.0914. The molecule has 2 aromatic heterocycles. The molecule has 0 fully saturated rings. The van der Waals surface area contributed by atoms with Crippen LogP contribution in [0.1, 0.15) is 47.0 Å². The molecule has 0 bridgehead atoms. The molecule has 4 rings (SSSR count). The number of aromatic nitrogens is 2. The molecule has 6 heteroatoms. The molecule has 1 amide bonds. The molecule has 0 saturated heterocycles. The lowest BCUT2D eigenvalue weighted by Gasteiger charge is -2.09. The van der Waals surface area contributed by atoms with Crippen molar-refractivity contribution in [3.63, 3.8) is 0 Å². The van der Waals surface area contributed by atoms with Crippen molar-refractivity contribution in [1.29, 1.82) is 0 Å². The van der Waals surface area contributed by atoms with Gasteiger partial charge in [-0.15, -0.1) is 0 Å². The first kappa shape index (κ1) is 14.9. The van der Waals surface area contributed by atoms with E-state index in [1.807, 2.05) is 24.3 Å². The number of para-hydroxylation sites is 2. The smallest absolute Gasteiger partial charge is 0.290 e. The molecular weight excluding hydrogens is 306 g/mol. The summed E-state index contributed by atoms with van der Waals surface area (Å²) in [6.07, 6.45) is 5.43. The number of carbonyl (C=O) groups is 1. The third kappa shape index (κ3) is 2.91. The summed E-state index contributed by atoms with van der Waals surface area (Å²) in [6, 6.07) is 7.69. The number of fused-ring (bicyclic) bond motifs is 2. The first-order valence-corrected chi connectivity index (χ1v) is 8.41. The van der Waals surface area contributed by atoms with Crippen molar-refractivity contribution in [2.24, 2.45) is 0 Å². The highest BCUT2D eigenvalue weighted by Gasteiger charge is 2.23. The highest BCUT2D eigenvalue weighted by molar-refractivity contribution is 5.93. The van der Waals surface area contributed by atoms with Crippen LogP contribution in [-0.2, 0) is 19.3 Å². The number of carbonyl (C=O) groups excluding carboxylic acids is 1. The van der Waals surface area contributed by atoms with Crippen LogP contribution >= 0.6 is 0 Å². The molecule has 0 unspecified atom stereocenters. The van der Waals surface area contributed by atoms with Gasteiger partial charge >= 0.3 is 0 Å². The highest BCUT2D eigenvalue weighted by Crippen LogP contribution is 2.23. The second-order valence-corrected chi connectivity index (χ2v) is 6.08. The van der Waals surface area contributed by atoms with Gasteiger partial charge in [-0.05, 0) is 44.2 Å². The molecule has 0 radical (unpaired) electrons. The summed E-state index contributed by atoms with van der Waals surface area (Å²) >= 11 is 0. The van der Waals surface area contributed by atoms with Crippen molar-refractivity contribution in [2.45, 2.75) is 38.5 Å². The van der Waals surface area contributed by atoms with Gasteiger partial charge in [0.05, 0.1) is 5.69 Å². The molecule has 1 N–H and O–H groups in total. The standard InChI is InChI=1S/C18H19N3O3/c22-18(17-12-6-1-2-7-13(12)21-24-17)19-11-5-10-16-20-14-8-3-4-9-15(14)23-16/h3-4,8-9H,1-2,5-7,10-11H2,(H,19,22). The molecule has 0 saturated carbocycles. The third-order valence-corrected chi connectivity index (χ3v) is 4.36. The summed E-state index contributed by atoms with van der Waals surface area (Å²) in [5, 5.41) is 6.91. The lowest BCUT2D eigenvalue weighted by Crippen LogP contribution is -2.25. The van der Waals surface area contributed by atoms with E-state index in [1.54, 1.807) is 0 Å². The summed E-state index contributed by atoms with van der Waals surface area (Å²) in [5.74, 6) is 0.900. The van der Waals surface area contributed by atoms with Gasteiger partial charge in [-0.25, -0.2) is 4.98 Å². The molecule has 0 spiro atoms. The van der Waals surface area contributed by atoms with Crippen LogP contribution in [0.25, 0.3) is 11.1 Å². The number of hydrogen-bond donors (Lipinski definition) is 1. The number of aryl methyl sites for hydroxylation is 2. The second kappa shape index (κ2) is 6.47. The van der Waals surface area contributed by atoms with Crippen molar-refractivity contribution in [3.8, 4) is 0 Å². The Bertz CT molecular complexity index is 832. The Morgan fingerprint density at radius 3 is 3.00 bits per heavy atom. The predicted molar refractivity (Wildman–Crippen MR) is 87.8 cm³/mol. The van der Waals surface area contributed by atoms with Crippen LogP contribution in [0.4, 0.5) is 0 Å². The maximum atomic E-state index is 12.2. The molecule has 1 aliphatic rings. The second-order valence-electron chi connectivity index (χ2n) is 6.08. The van der Waals surface area contributed by atoms with E-state index in [9.17, 15) is 4.79 Å². The van der Waals surface area contributed by atoms with E-state index in [4.69, 9.17) is 8.94 Å². The van der Waals surface area contributed by atoms with Crippen LogP contribution in [-0.4, -0.2) is 22.6 Å². The number of amides is 1. The van der Waals surface area contributed by atoms with Gasteiger partial charge < -0.3 is 14.3 Å². The van der Waals surface area contributed by atoms with Gasteiger partial charge in [0.1, 0.15) is 5.52 Å². The number of nitrogens with one attached hydrogen (secondary N) is 1. The van der Waals surface area contributed by atoms with Crippen molar-refractivity contribution < 1.29 is 13.7 Å². The van der Waals surface area contributed by atoms with E-state index in [0.29, 0.717) is 24.6 Å². The van der Waals surface area contributed by atoms with E-state index in [1.165, 1.54) is 0 Å². The number of rotatable bonds is 5. The predicted octanol–water partition coefficient (Wildman–Crippen LogP) is 3.06. The van der Waals surface area contributed by atoms with E-state index >= 15 is 0 Å². The Kier molecular flexibility index (Phi) is 4.02. The van der Waals surface area contributed by atoms with Gasteiger partial charge in [0, 0.05) is 18.5 Å². The van der Waals surface area contributed by atoms with Gasteiger partial charge in [0.2, 0.25) is 5.76 Å². The Labute approximate surface area is 139 Å². The largest absolute Gasteiger partial charge is 0.441 e. The molecule has 0 atom stereocenters. The van der Waals surface area contributed by atoms with E-state index in [2.05, 4.69) is 15.5 Å². The Hall–Kier alpha value is -2.63. The molecule has 1 aromatic carbocycles. The van der Waals surface area contributed by atoms with Gasteiger partial charge in [-0.1, -0.05) is 17.3 Å². The average Bonchev–Trinajstić information content (AvgIpc) is 3.22. The van der Waals surface area contributed by atoms with Crippen LogP contribution in [0.3, 0.4) is 0 Å². The minimum absolute atomic E-state index is 0.178. The van der Waals surface area contributed by atoms with Gasteiger partial charge in [-0.2, -0.15) is 0 Å². The van der Waals surface area contributed by atoms with Crippen molar-refractivity contribution in [2.75, 3.05) is 6.54 Å². The lowest BCUT2D eigenvalue weighted by atomic mass is 9.96. The summed E-state index contributed by atoms with van der Waals surface area (Å²) < 4.78 is 10.9. The molecule has 0 aliphatic heterocycles. The Balaban J connectivity index is 1.31. The monoisotopic (exact) mass is 325 g/mol. The zero-order valence-corrected chi connectivity index (χ0v) is 13.4. The Morgan fingerprint density at radius 2 is 2.08 bits per heavy atom. The molecule has 24 heavy (non-hydrogen) atoms. The van der Waals surface area contributed by atoms with E-state index in [0.717, 1.165) is 54.5 Å². The number of oxazole rings is 1. The average molecular weight is 325 g/mol. The SMILES string of the molecule is O=C(NCCCc1nc2ccccc2o1)c1onc2c1CCCC2. The topological polar surface area (TPSA) is 81.2 Å².